The topological polar surface area (TPSA) is 35.2 Å². The number of fused-ring (bicyclic) bond motifs is 1. The Labute approximate surface area is 125 Å². The van der Waals surface area contributed by atoms with Gasteiger partial charge in [-0.1, -0.05) is 36.4 Å². The predicted molar refractivity (Wildman–Crippen MR) is 84.5 cm³/mol. The van der Waals surface area contributed by atoms with Gasteiger partial charge in [-0.3, -0.25) is 0 Å². The molecule has 1 fully saturated rings. The zero-order chi connectivity index (χ0) is 14.2. The lowest BCUT2D eigenvalue weighted by molar-refractivity contribution is 0.302. The summed E-state index contributed by atoms with van der Waals surface area (Å²) in [6.07, 6.45) is 5.10. The van der Waals surface area contributed by atoms with Crippen LogP contribution in [0.1, 0.15) is 47.9 Å². The summed E-state index contributed by atoms with van der Waals surface area (Å²) >= 11 is 0. The molecule has 0 heterocycles. The molecule has 0 spiro atoms. The van der Waals surface area contributed by atoms with Crippen LogP contribution in [0.4, 0.5) is 0 Å². The van der Waals surface area contributed by atoms with E-state index in [1.165, 1.54) is 29.5 Å². The third-order valence-corrected chi connectivity index (χ3v) is 4.68. The van der Waals surface area contributed by atoms with Crippen molar-refractivity contribution in [3.05, 3.63) is 65.2 Å². The van der Waals surface area contributed by atoms with Gasteiger partial charge in [0.05, 0.1) is 6.10 Å². The van der Waals surface area contributed by atoms with Crippen molar-refractivity contribution in [3.8, 4) is 5.75 Å². The Morgan fingerprint density at radius 1 is 1.00 bits per heavy atom. The molecule has 2 aliphatic carbocycles. The van der Waals surface area contributed by atoms with Gasteiger partial charge in [-0.2, -0.15) is 0 Å². The SMILES string of the molecule is NC(c1cccc(OC2CC2)c1)C1CCc2ccccc21. The maximum atomic E-state index is 6.57. The Kier molecular flexibility index (Phi) is 3.19. The lowest BCUT2D eigenvalue weighted by Crippen LogP contribution is -2.18. The van der Waals surface area contributed by atoms with E-state index in [-0.39, 0.29) is 6.04 Å². The molecule has 0 amide bonds. The molecule has 0 saturated heterocycles. The normalized spacial score (nSPS) is 21.9. The van der Waals surface area contributed by atoms with Gasteiger partial charge >= 0.3 is 0 Å². The minimum atomic E-state index is 0.0522. The molecule has 1 saturated carbocycles. The molecule has 2 aliphatic rings. The third kappa shape index (κ3) is 2.56. The second-order valence-corrected chi connectivity index (χ2v) is 6.26. The van der Waals surface area contributed by atoms with Gasteiger partial charge < -0.3 is 10.5 Å². The fourth-order valence-corrected chi connectivity index (χ4v) is 3.37. The molecule has 2 atom stereocenters. The highest BCUT2D eigenvalue weighted by molar-refractivity contribution is 5.39. The van der Waals surface area contributed by atoms with Gasteiger partial charge in [0.25, 0.3) is 0 Å². The number of nitrogens with two attached hydrogens (primary N) is 1. The smallest absolute Gasteiger partial charge is 0.120 e. The molecule has 0 bridgehead atoms. The van der Waals surface area contributed by atoms with Gasteiger partial charge in [0.2, 0.25) is 0 Å². The lowest BCUT2D eigenvalue weighted by atomic mass is 9.89. The highest BCUT2D eigenvalue weighted by atomic mass is 16.5. The van der Waals surface area contributed by atoms with Crippen LogP contribution in [-0.4, -0.2) is 6.10 Å². The van der Waals surface area contributed by atoms with Crippen molar-refractivity contribution < 1.29 is 4.74 Å². The molecule has 2 unspecified atom stereocenters. The van der Waals surface area contributed by atoms with E-state index in [0.29, 0.717) is 12.0 Å². The van der Waals surface area contributed by atoms with Crippen molar-refractivity contribution in [1.82, 2.24) is 0 Å². The van der Waals surface area contributed by atoms with E-state index >= 15 is 0 Å². The molecule has 21 heavy (non-hydrogen) atoms. The minimum absolute atomic E-state index is 0.0522. The maximum absolute atomic E-state index is 6.57. The van der Waals surface area contributed by atoms with Crippen molar-refractivity contribution in [2.45, 2.75) is 43.7 Å². The number of rotatable bonds is 4. The number of hydrogen-bond donors (Lipinski definition) is 1. The molecule has 4 rings (SSSR count). The third-order valence-electron chi connectivity index (χ3n) is 4.68. The second kappa shape index (κ2) is 5.19. The first kappa shape index (κ1) is 12.9. The molecule has 108 valence electrons. The van der Waals surface area contributed by atoms with E-state index in [4.69, 9.17) is 10.5 Å². The van der Waals surface area contributed by atoms with Gasteiger partial charge in [0.1, 0.15) is 5.75 Å². The summed E-state index contributed by atoms with van der Waals surface area (Å²) < 4.78 is 5.89. The van der Waals surface area contributed by atoms with Crippen LogP contribution in [-0.2, 0) is 6.42 Å². The van der Waals surface area contributed by atoms with E-state index in [1.54, 1.807) is 0 Å². The largest absolute Gasteiger partial charge is 0.490 e. The molecule has 2 heteroatoms. The van der Waals surface area contributed by atoms with E-state index in [0.717, 1.165) is 18.6 Å². The maximum Gasteiger partial charge on any atom is 0.120 e. The van der Waals surface area contributed by atoms with Crippen molar-refractivity contribution >= 4 is 0 Å². The molecule has 0 aliphatic heterocycles. The van der Waals surface area contributed by atoms with Crippen molar-refractivity contribution in [1.29, 1.82) is 0 Å². The van der Waals surface area contributed by atoms with Gasteiger partial charge in [0.15, 0.2) is 0 Å². The van der Waals surface area contributed by atoms with Crippen molar-refractivity contribution in [3.63, 3.8) is 0 Å². The van der Waals surface area contributed by atoms with Gasteiger partial charge in [-0.05, 0) is 54.5 Å². The fourth-order valence-electron chi connectivity index (χ4n) is 3.37. The lowest BCUT2D eigenvalue weighted by Gasteiger charge is -2.21. The number of benzene rings is 2. The summed E-state index contributed by atoms with van der Waals surface area (Å²) in [4.78, 5) is 0. The summed E-state index contributed by atoms with van der Waals surface area (Å²) in [5.74, 6) is 1.40. The molecule has 0 radical (unpaired) electrons. The summed E-state index contributed by atoms with van der Waals surface area (Å²) in [5.41, 5.74) is 10.7. The van der Waals surface area contributed by atoms with Crippen LogP contribution in [0, 0.1) is 0 Å². The first-order valence-electron chi connectivity index (χ1n) is 7.91. The molecule has 2 aromatic carbocycles. The summed E-state index contributed by atoms with van der Waals surface area (Å²) in [6, 6.07) is 17.1. The molecule has 2 N–H and O–H groups in total. The molecular weight excluding hydrogens is 258 g/mol. The fraction of sp³-hybridized carbons (Fsp3) is 0.368. The highest BCUT2D eigenvalue weighted by Gasteiger charge is 2.29. The molecule has 2 nitrogen and oxygen atoms in total. The standard InChI is InChI=1S/C19H21NO/c20-19(18-11-8-13-4-1-2-7-17(13)18)14-5-3-6-16(12-14)21-15-9-10-15/h1-7,12,15,18-19H,8-11,20H2. The highest BCUT2D eigenvalue weighted by Crippen LogP contribution is 2.41. The predicted octanol–water partition coefficient (Wildman–Crippen LogP) is 3.96. The first-order valence-corrected chi connectivity index (χ1v) is 7.91. The molecule has 2 aromatic rings. The summed E-state index contributed by atoms with van der Waals surface area (Å²) in [5, 5.41) is 0. The Morgan fingerprint density at radius 3 is 2.71 bits per heavy atom. The zero-order valence-electron chi connectivity index (χ0n) is 12.2. The van der Waals surface area contributed by atoms with Gasteiger partial charge in [-0.15, -0.1) is 0 Å². The quantitative estimate of drug-likeness (QED) is 0.919. The van der Waals surface area contributed by atoms with Crippen LogP contribution in [0.15, 0.2) is 48.5 Å². The monoisotopic (exact) mass is 279 g/mol. The van der Waals surface area contributed by atoms with E-state index in [2.05, 4.69) is 42.5 Å². The molecular formula is C19H21NO. The molecule has 0 aromatic heterocycles. The van der Waals surface area contributed by atoms with Crippen LogP contribution < -0.4 is 10.5 Å². The Hall–Kier alpha value is -1.80. The van der Waals surface area contributed by atoms with Crippen LogP contribution in [0.5, 0.6) is 5.75 Å². The summed E-state index contributed by atoms with van der Waals surface area (Å²) in [6.45, 7) is 0. The van der Waals surface area contributed by atoms with Crippen LogP contribution in [0.3, 0.4) is 0 Å². The average molecular weight is 279 g/mol. The van der Waals surface area contributed by atoms with E-state index < -0.39 is 0 Å². The number of aryl methyl sites for hydroxylation is 1. The summed E-state index contributed by atoms with van der Waals surface area (Å²) in [7, 11) is 0. The number of ether oxygens (including phenoxy) is 1. The van der Waals surface area contributed by atoms with Crippen LogP contribution in [0.2, 0.25) is 0 Å². The second-order valence-electron chi connectivity index (χ2n) is 6.26. The van der Waals surface area contributed by atoms with E-state index in [1.807, 2.05) is 6.07 Å². The van der Waals surface area contributed by atoms with Gasteiger partial charge in [-0.25, -0.2) is 0 Å². The van der Waals surface area contributed by atoms with Crippen LogP contribution >= 0.6 is 0 Å². The Balaban J connectivity index is 1.58. The van der Waals surface area contributed by atoms with Gasteiger partial charge in [0, 0.05) is 12.0 Å². The minimum Gasteiger partial charge on any atom is -0.490 e. The van der Waals surface area contributed by atoms with Crippen molar-refractivity contribution in [2.24, 2.45) is 5.73 Å². The average Bonchev–Trinajstić information content (AvgIpc) is 3.23. The Morgan fingerprint density at radius 2 is 1.86 bits per heavy atom. The van der Waals surface area contributed by atoms with E-state index in [9.17, 15) is 0 Å². The first-order chi connectivity index (χ1) is 10.3. The Bertz CT molecular complexity index is 648. The van der Waals surface area contributed by atoms with Crippen molar-refractivity contribution in [2.75, 3.05) is 0 Å². The van der Waals surface area contributed by atoms with Crippen LogP contribution in [0.25, 0.3) is 0 Å². The zero-order valence-corrected chi connectivity index (χ0v) is 12.2. The number of hydrogen-bond acceptors (Lipinski definition) is 2.